The molecule has 5 heteroatoms. The van der Waals surface area contributed by atoms with E-state index in [0.29, 0.717) is 6.54 Å². The van der Waals surface area contributed by atoms with Crippen LogP contribution in [0.3, 0.4) is 0 Å². The first-order valence-corrected chi connectivity index (χ1v) is 7.83. The lowest BCUT2D eigenvalue weighted by Gasteiger charge is -2.34. The summed E-state index contributed by atoms with van der Waals surface area (Å²) in [5.41, 5.74) is 0.586. The van der Waals surface area contributed by atoms with Crippen molar-refractivity contribution >= 4 is 17.5 Å². The Morgan fingerprint density at radius 2 is 2.00 bits per heavy atom. The molecule has 1 aliphatic rings. The molecule has 0 unspecified atom stereocenters. The summed E-state index contributed by atoms with van der Waals surface area (Å²) in [6.45, 7) is 2.32. The van der Waals surface area contributed by atoms with Gasteiger partial charge in [0.15, 0.2) is 0 Å². The number of carbonyl (C=O) groups is 1. The van der Waals surface area contributed by atoms with Crippen LogP contribution in [0.5, 0.6) is 0 Å². The fourth-order valence-electron chi connectivity index (χ4n) is 2.66. The Balaban J connectivity index is 1.74. The number of ether oxygens (including phenoxy) is 1. The average Bonchev–Trinajstić information content (AvgIpc) is 2.53. The second kappa shape index (κ2) is 7.78. The van der Waals surface area contributed by atoms with Gasteiger partial charge in [0.2, 0.25) is 0 Å². The van der Waals surface area contributed by atoms with Gasteiger partial charge in [-0.25, -0.2) is 0 Å². The summed E-state index contributed by atoms with van der Waals surface area (Å²) >= 11 is 5.86. The predicted octanol–water partition coefficient (Wildman–Crippen LogP) is 2.16. The van der Waals surface area contributed by atoms with Gasteiger partial charge in [0.1, 0.15) is 5.60 Å². The lowest BCUT2D eigenvalue weighted by atomic mass is 9.91. The molecule has 1 fully saturated rings. The maximum Gasteiger partial charge on any atom is 0.252 e. The smallest absolute Gasteiger partial charge is 0.252 e. The molecule has 1 heterocycles. The molecule has 1 aromatic carbocycles. The highest BCUT2D eigenvalue weighted by Gasteiger charge is 2.39. The van der Waals surface area contributed by atoms with Crippen molar-refractivity contribution in [3.8, 4) is 0 Å². The number of piperidine rings is 1. The maximum absolute atomic E-state index is 12.3. The molecule has 2 rings (SSSR count). The highest BCUT2D eigenvalue weighted by atomic mass is 35.5. The van der Waals surface area contributed by atoms with Crippen molar-refractivity contribution in [1.29, 1.82) is 0 Å². The minimum absolute atomic E-state index is 0.0163. The van der Waals surface area contributed by atoms with E-state index in [0.717, 1.165) is 43.8 Å². The zero-order valence-corrected chi connectivity index (χ0v) is 13.2. The molecule has 0 aromatic heterocycles. The lowest BCUT2D eigenvalue weighted by molar-refractivity contribution is -0.146. The van der Waals surface area contributed by atoms with E-state index in [-0.39, 0.29) is 5.91 Å². The molecule has 0 radical (unpaired) electrons. The van der Waals surface area contributed by atoms with Crippen LogP contribution in [-0.2, 0) is 16.0 Å². The van der Waals surface area contributed by atoms with Gasteiger partial charge >= 0.3 is 0 Å². The molecular weight excluding hydrogens is 288 g/mol. The summed E-state index contributed by atoms with van der Waals surface area (Å²) in [6.07, 6.45) is 3.30. The number of amides is 1. The highest BCUT2D eigenvalue weighted by Crippen LogP contribution is 2.22. The molecule has 1 amide bonds. The van der Waals surface area contributed by atoms with Crippen molar-refractivity contribution in [1.82, 2.24) is 10.6 Å². The molecule has 0 spiro atoms. The highest BCUT2D eigenvalue weighted by molar-refractivity contribution is 6.30. The Kier molecular flexibility index (Phi) is 6.03. The summed E-state index contributed by atoms with van der Waals surface area (Å²) in [5, 5.41) is 7.01. The van der Waals surface area contributed by atoms with E-state index in [9.17, 15) is 4.79 Å². The molecule has 0 bridgehead atoms. The first-order valence-electron chi connectivity index (χ1n) is 7.45. The second-order valence-corrected chi connectivity index (χ2v) is 5.87. The third-order valence-electron chi connectivity index (χ3n) is 4.06. The van der Waals surface area contributed by atoms with Crippen LogP contribution in [0.4, 0.5) is 0 Å². The van der Waals surface area contributed by atoms with Crippen molar-refractivity contribution < 1.29 is 9.53 Å². The molecule has 1 aliphatic heterocycles. The topological polar surface area (TPSA) is 50.4 Å². The van der Waals surface area contributed by atoms with Gasteiger partial charge in [0, 0.05) is 18.7 Å². The largest absolute Gasteiger partial charge is 0.368 e. The van der Waals surface area contributed by atoms with Crippen LogP contribution < -0.4 is 10.6 Å². The number of carbonyl (C=O) groups excluding carboxylic acids is 1. The average molecular weight is 311 g/mol. The van der Waals surface area contributed by atoms with E-state index in [4.69, 9.17) is 16.3 Å². The van der Waals surface area contributed by atoms with Crippen LogP contribution in [0.1, 0.15) is 24.8 Å². The summed E-state index contributed by atoms with van der Waals surface area (Å²) in [6, 6.07) is 7.83. The van der Waals surface area contributed by atoms with Crippen molar-refractivity contribution in [2.75, 3.05) is 26.7 Å². The Labute approximate surface area is 131 Å². The van der Waals surface area contributed by atoms with Gasteiger partial charge < -0.3 is 15.4 Å². The van der Waals surface area contributed by atoms with E-state index in [2.05, 4.69) is 10.6 Å². The molecule has 1 aromatic rings. The number of rotatable bonds is 6. The van der Waals surface area contributed by atoms with Crippen molar-refractivity contribution in [2.24, 2.45) is 0 Å². The Hall–Kier alpha value is -1.10. The number of hydrogen-bond donors (Lipinski definition) is 2. The van der Waals surface area contributed by atoms with E-state index in [1.807, 2.05) is 24.3 Å². The molecule has 116 valence electrons. The monoisotopic (exact) mass is 310 g/mol. The molecule has 2 N–H and O–H groups in total. The number of methoxy groups -OCH3 is 1. The molecule has 0 aliphatic carbocycles. The lowest BCUT2D eigenvalue weighted by Crippen LogP contribution is -2.54. The van der Waals surface area contributed by atoms with Gasteiger partial charge in [-0.15, -0.1) is 0 Å². The van der Waals surface area contributed by atoms with E-state index in [1.165, 1.54) is 5.56 Å². The molecule has 1 saturated heterocycles. The number of halogens is 1. The van der Waals surface area contributed by atoms with E-state index in [1.54, 1.807) is 7.11 Å². The van der Waals surface area contributed by atoms with Crippen LogP contribution in [0.2, 0.25) is 5.02 Å². The van der Waals surface area contributed by atoms with Crippen molar-refractivity contribution in [3.05, 3.63) is 34.9 Å². The first-order chi connectivity index (χ1) is 10.2. The second-order valence-electron chi connectivity index (χ2n) is 5.43. The van der Waals surface area contributed by atoms with E-state index < -0.39 is 5.60 Å². The van der Waals surface area contributed by atoms with Gasteiger partial charge in [-0.3, -0.25) is 4.79 Å². The van der Waals surface area contributed by atoms with Crippen LogP contribution in [0, 0.1) is 0 Å². The summed E-state index contributed by atoms with van der Waals surface area (Å²) in [7, 11) is 1.62. The Morgan fingerprint density at radius 1 is 1.33 bits per heavy atom. The SMILES string of the molecule is COC1(C(=O)NCCCc2ccc(Cl)cc2)CCNCC1. The van der Waals surface area contributed by atoms with Crippen LogP contribution in [0.15, 0.2) is 24.3 Å². The number of aryl methyl sites for hydroxylation is 1. The minimum atomic E-state index is -0.647. The number of nitrogens with one attached hydrogen (secondary N) is 2. The Morgan fingerprint density at radius 3 is 2.62 bits per heavy atom. The molecule has 21 heavy (non-hydrogen) atoms. The van der Waals surface area contributed by atoms with Crippen molar-refractivity contribution in [2.45, 2.75) is 31.3 Å². The minimum Gasteiger partial charge on any atom is -0.368 e. The number of benzene rings is 1. The van der Waals surface area contributed by atoms with Gasteiger partial charge in [-0.1, -0.05) is 23.7 Å². The normalized spacial score (nSPS) is 17.4. The van der Waals surface area contributed by atoms with Gasteiger partial charge in [0.05, 0.1) is 0 Å². The summed E-state index contributed by atoms with van der Waals surface area (Å²) in [4.78, 5) is 12.3. The predicted molar refractivity (Wildman–Crippen MR) is 84.6 cm³/mol. The third kappa shape index (κ3) is 4.43. The zero-order chi connectivity index (χ0) is 15.1. The van der Waals surface area contributed by atoms with Gasteiger partial charge in [0.25, 0.3) is 5.91 Å². The zero-order valence-electron chi connectivity index (χ0n) is 12.5. The molecular formula is C16H23ClN2O2. The van der Waals surface area contributed by atoms with Crippen LogP contribution in [0.25, 0.3) is 0 Å². The van der Waals surface area contributed by atoms with Gasteiger partial charge in [-0.05, 0) is 56.5 Å². The standard InChI is InChI=1S/C16H23ClN2O2/c1-21-16(8-11-18-12-9-16)15(20)19-10-2-3-13-4-6-14(17)7-5-13/h4-7,18H,2-3,8-12H2,1H3,(H,19,20). The summed E-state index contributed by atoms with van der Waals surface area (Å²) < 4.78 is 5.50. The quantitative estimate of drug-likeness (QED) is 0.792. The van der Waals surface area contributed by atoms with E-state index >= 15 is 0 Å². The maximum atomic E-state index is 12.3. The number of hydrogen-bond acceptors (Lipinski definition) is 3. The van der Waals surface area contributed by atoms with Crippen LogP contribution in [-0.4, -0.2) is 38.3 Å². The summed E-state index contributed by atoms with van der Waals surface area (Å²) in [5.74, 6) is 0.0163. The fourth-order valence-corrected chi connectivity index (χ4v) is 2.79. The Bertz CT molecular complexity index is 456. The molecule has 0 saturated carbocycles. The third-order valence-corrected chi connectivity index (χ3v) is 4.31. The molecule has 0 atom stereocenters. The van der Waals surface area contributed by atoms with Gasteiger partial charge in [-0.2, -0.15) is 0 Å². The first kappa shape index (κ1) is 16.3. The molecule has 4 nitrogen and oxygen atoms in total. The fraction of sp³-hybridized carbons (Fsp3) is 0.562. The van der Waals surface area contributed by atoms with Crippen molar-refractivity contribution in [3.63, 3.8) is 0 Å². The van der Waals surface area contributed by atoms with Crippen LogP contribution >= 0.6 is 11.6 Å².